The monoisotopic (exact) mass is 515 g/mol. The summed E-state index contributed by atoms with van der Waals surface area (Å²) >= 11 is 0. The normalized spacial score (nSPS) is 12.1. The minimum absolute atomic E-state index is 0.104. The molecule has 8 nitrogen and oxygen atoms in total. The van der Waals surface area contributed by atoms with E-state index in [9.17, 15) is 14.2 Å². The lowest BCUT2D eigenvalue weighted by atomic mass is 10.1. The van der Waals surface area contributed by atoms with Gasteiger partial charge in [-0.25, -0.2) is 0 Å². The second kappa shape index (κ2) is 11.4. The highest BCUT2D eigenvalue weighted by Gasteiger charge is 2.33. The summed E-state index contributed by atoms with van der Waals surface area (Å²) in [6.07, 6.45) is 1.61. The molecule has 0 N–H and O–H groups in total. The molecule has 0 fully saturated rings. The van der Waals surface area contributed by atoms with Gasteiger partial charge in [0.25, 0.3) is 0 Å². The van der Waals surface area contributed by atoms with Crippen LogP contribution < -0.4 is 10.0 Å². The Hall–Kier alpha value is -2.93. The molecule has 9 heteroatoms. The number of Topliss-reactive ketones (excluding diaryl/α,β-unsaturated/α-hetero) is 1. The van der Waals surface area contributed by atoms with Gasteiger partial charge in [0, 0.05) is 23.2 Å². The van der Waals surface area contributed by atoms with Crippen LogP contribution in [-0.4, -0.2) is 35.1 Å². The Balaban J connectivity index is 2.18. The van der Waals surface area contributed by atoms with E-state index in [1.807, 2.05) is 30.3 Å². The Labute approximate surface area is 212 Å². The van der Waals surface area contributed by atoms with Crippen molar-refractivity contribution in [3.63, 3.8) is 0 Å². The second-order valence-corrected chi connectivity index (χ2v) is 11.3. The van der Waals surface area contributed by atoms with E-state index in [2.05, 4.69) is 0 Å². The van der Waals surface area contributed by atoms with Crippen molar-refractivity contribution in [2.45, 2.75) is 60.3 Å². The molecule has 1 heterocycles. The zero-order valence-corrected chi connectivity index (χ0v) is 22.6. The second-order valence-electron chi connectivity index (χ2n) is 9.26. The molecular weight excluding hydrogens is 481 g/mol. The van der Waals surface area contributed by atoms with Gasteiger partial charge in [-0.3, -0.25) is 14.2 Å². The van der Waals surface area contributed by atoms with Crippen molar-refractivity contribution in [1.29, 1.82) is 0 Å². The molecule has 0 unspecified atom stereocenters. The summed E-state index contributed by atoms with van der Waals surface area (Å²) in [6, 6.07) is 12.8. The quantitative estimate of drug-likeness (QED) is 0.185. The number of hydrogen-bond acceptors (Lipinski definition) is 7. The summed E-state index contributed by atoms with van der Waals surface area (Å²) in [5.41, 5.74) is 1.21. The minimum atomic E-state index is -3.77. The molecular formula is C27H34NO7P. The number of nitrogens with zero attached hydrogens (tertiary/aromatic N) is 1. The van der Waals surface area contributed by atoms with Crippen molar-refractivity contribution in [3.05, 3.63) is 59.8 Å². The summed E-state index contributed by atoms with van der Waals surface area (Å²) in [5, 5.41) is 0.750. The highest BCUT2D eigenvalue weighted by Crippen LogP contribution is 2.50. The number of fused-ring (bicyclic) bond motifs is 1. The van der Waals surface area contributed by atoms with E-state index in [1.165, 1.54) is 6.92 Å². The maximum Gasteiger partial charge on any atom is 0.365 e. The Morgan fingerprint density at radius 3 is 2.19 bits per heavy atom. The van der Waals surface area contributed by atoms with Crippen LogP contribution in [0.1, 0.15) is 57.5 Å². The molecule has 0 aliphatic rings. The molecule has 36 heavy (non-hydrogen) atoms. The molecule has 0 aliphatic heterocycles. The van der Waals surface area contributed by atoms with E-state index in [4.69, 9.17) is 18.5 Å². The van der Waals surface area contributed by atoms with Gasteiger partial charge in [0.1, 0.15) is 29.8 Å². The Morgan fingerprint density at radius 2 is 1.64 bits per heavy atom. The largest absolute Gasteiger partial charge is 0.488 e. The van der Waals surface area contributed by atoms with E-state index in [0.717, 1.165) is 5.56 Å². The molecule has 0 spiro atoms. The Morgan fingerprint density at radius 1 is 1.00 bits per heavy atom. The smallest absolute Gasteiger partial charge is 0.365 e. The van der Waals surface area contributed by atoms with Crippen molar-refractivity contribution in [1.82, 2.24) is 4.57 Å². The van der Waals surface area contributed by atoms with Crippen LogP contribution in [-0.2, 0) is 36.3 Å². The standard InChI is InChI=1S/C27H34NO7P/c1-7-33-36(31,34-8-2)25-14-21-22(19(3)29)16-28(17-26(30)35-27(4,5)6)23(21)15-24(25)32-18-20-12-10-9-11-13-20/h9-16H,7-8,17-18H2,1-6H3. The summed E-state index contributed by atoms with van der Waals surface area (Å²) in [4.78, 5) is 25.1. The molecule has 0 atom stereocenters. The zero-order chi connectivity index (χ0) is 26.5. The number of benzene rings is 2. The first kappa shape index (κ1) is 27.7. The predicted octanol–water partition coefficient (Wildman–Crippen LogP) is 5.66. The van der Waals surface area contributed by atoms with Gasteiger partial charge in [-0.15, -0.1) is 0 Å². The van der Waals surface area contributed by atoms with Crippen molar-refractivity contribution in [3.8, 4) is 5.75 Å². The number of carbonyl (C=O) groups is 2. The highest BCUT2D eigenvalue weighted by atomic mass is 31.2. The molecule has 0 aliphatic carbocycles. The van der Waals surface area contributed by atoms with Crippen molar-refractivity contribution < 1.29 is 32.7 Å². The molecule has 3 aromatic rings. The molecule has 0 amide bonds. The van der Waals surface area contributed by atoms with Crippen LogP contribution in [0.25, 0.3) is 10.9 Å². The predicted molar refractivity (Wildman–Crippen MR) is 139 cm³/mol. The maximum absolute atomic E-state index is 13.8. The fraction of sp³-hybridized carbons (Fsp3) is 0.407. The molecule has 0 bridgehead atoms. The van der Waals surface area contributed by atoms with Crippen molar-refractivity contribution >= 4 is 35.6 Å². The first-order chi connectivity index (χ1) is 17.0. The van der Waals surface area contributed by atoms with Gasteiger partial charge in [-0.2, -0.15) is 0 Å². The fourth-order valence-electron chi connectivity index (χ4n) is 3.81. The van der Waals surface area contributed by atoms with Crippen LogP contribution in [0.4, 0.5) is 0 Å². The van der Waals surface area contributed by atoms with Gasteiger partial charge in [0.05, 0.1) is 18.7 Å². The SMILES string of the molecule is CCOP(=O)(OCC)c1cc2c(C(C)=O)cn(CC(=O)OC(C)(C)C)c2cc1OCc1ccccc1. The van der Waals surface area contributed by atoms with Crippen molar-refractivity contribution in [2.75, 3.05) is 13.2 Å². The van der Waals surface area contributed by atoms with Crippen LogP contribution in [0.15, 0.2) is 48.7 Å². The molecule has 2 aromatic carbocycles. The minimum Gasteiger partial charge on any atom is -0.488 e. The van der Waals surface area contributed by atoms with Crippen LogP contribution >= 0.6 is 7.60 Å². The van der Waals surface area contributed by atoms with E-state index in [0.29, 0.717) is 16.5 Å². The summed E-state index contributed by atoms with van der Waals surface area (Å²) in [7, 11) is -3.77. The maximum atomic E-state index is 13.8. The third-order valence-electron chi connectivity index (χ3n) is 5.19. The van der Waals surface area contributed by atoms with E-state index in [-0.39, 0.29) is 43.2 Å². The van der Waals surface area contributed by atoms with Gasteiger partial charge in [0.2, 0.25) is 0 Å². The lowest BCUT2D eigenvalue weighted by molar-refractivity contribution is -0.155. The van der Waals surface area contributed by atoms with Crippen LogP contribution in [0.2, 0.25) is 0 Å². The van der Waals surface area contributed by atoms with E-state index >= 15 is 0 Å². The van der Waals surface area contributed by atoms with E-state index < -0.39 is 19.2 Å². The number of rotatable bonds is 11. The van der Waals surface area contributed by atoms with Gasteiger partial charge >= 0.3 is 13.6 Å². The van der Waals surface area contributed by atoms with Gasteiger partial charge in [0.15, 0.2) is 5.78 Å². The number of ether oxygens (including phenoxy) is 2. The number of carbonyl (C=O) groups excluding carboxylic acids is 2. The third-order valence-corrected chi connectivity index (χ3v) is 7.33. The van der Waals surface area contributed by atoms with Crippen molar-refractivity contribution in [2.24, 2.45) is 0 Å². The lowest BCUT2D eigenvalue weighted by Gasteiger charge is -2.21. The van der Waals surface area contributed by atoms with Gasteiger partial charge in [-0.1, -0.05) is 30.3 Å². The van der Waals surface area contributed by atoms with Gasteiger partial charge < -0.3 is 23.1 Å². The Kier molecular flexibility index (Phi) is 8.77. The van der Waals surface area contributed by atoms with Crippen LogP contribution in [0.3, 0.4) is 0 Å². The first-order valence-corrected chi connectivity index (χ1v) is 13.5. The number of esters is 1. The van der Waals surface area contributed by atoms with E-state index in [1.54, 1.807) is 57.5 Å². The molecule has 0 radical (unpaired) electrons. The van der Waals surface area contributed by atoms with Crippen LogP contribution in [0.5, 0.6) is 5.75 Å². The molecule has 0 saturated heterocycles. The molecule has 0 saturated carbocycles. The first-order valence-electron chi connectivity index (χ1n) is 11.9. The summed E-state index contributed by atoms with van der Waals surface area (Å²) < 4.78 is 38.3. The summed E-state index contributed by atoms with van der Waals surface area (Å²) in [5.74, 6) is -0.357. The third kappa shape index (κ3) is 6.64. The lowest BCUT2D eigenvalue weighted by Crippen LogP contribution is -2.26. The zero-order valence-electron chi connectivity index (χ0n) is 21.7. The number of aromatic nitrogens is 1. The molecule has 1 aromatic heterocycles. The van der Waals surface area contributed by atoms with Crippen LogP contribution in [0, 0.1) is 0 Å². The number of hydrogen-bond donors (Lipinski definition) is 0. The molecule has 3 rings (SSSR count). The average molecular weight is 516 g/mol. The summed E-state index contributed by atoms with van der Waals surface area (Å²) in [6.45, 7) is 10.7. The Bertz CT molecular complexity index is 1260. The number of ketones is 1. The van der Waals surface area contributed by atoms with Gasteiger partial charge in [-0.05, 0) is 53.2 Å². The molecule has 194 valence electrons. The topological polar surface area (TPSA) is 93.1 Å². The fourth-order valence-corrected chi connectivity index (χ4v) is 5.53. The highest BCUT2D eigenvalue weighted by molar-refractivity contribution is 7.62. The average Bonchev–Trinajstić information content (AvgIpc) is 3.14.